The van der Waals surface area contributed by atoms with E-state index in [9.17, 15) is 15.4 Å². The zero-order chi connectivity index (χ0) is 16.4. The van der Waals surface area contributed by atoms with Gasteiger partial charge in [0.05, 0.1) is 22.2 Å². The molecule has 2 aromatic carbocycles. The molecule has 0 unspecified atom stereocenters. The fourth-order valence-electron chi connectivity index (χ4n) is 2.38. The van der Waals surface area contributed by atoms with E-state index in [1.54, 1.807) is 0 Å². The van der Waals surface area contributed by atoms with Crippen molar-refractivity contribution in [1.82, 2.24) is 0 Å². The second-order valence-electron chi connectivity index (χ2n) is 5.15. The van der Waals surface area contributed by atoms with Crippen molar-refractivity contribution in [2.45, 2.75) is 13.0 Å². The highest BCUT2D eigenvalue weighted by Gasteiger charge is 2.15. The van der Waals surface area contributed by atoms with Gasteiger partial charge in [-0.2, -0.15) is 5.26 Å². The van der Waals surface area contributed by atoms with Crippen molar-refractivity contribution in [2.24, 2.45) is 0 Å². The predicted octanol–water partition coefficient (Wildman–Crippen LogP) is 4.39. The van der Waals surface area contributed by atoms with Gasteiger partial charge in [0, 0.05) is 17.5 Å². The number of nitro benzene ring substituents is 1. The number of nitrogens with zero attached hydrogens (tertiary/aromatic N) is 2. The summed E-state index contributed by atoms with van der Waals surface area (Å²) in [5.74, 6) is 0.730. The van der Waals surface area contributed by atoms with E-state index < -0.39 is 4.92 Å². The lowest BCUT2D eigenvalue weighted by Crippen LogP contribution is -2.07. The molecule has 114 valence electrons. The number of nitro groups is 1. The molecule has 23 heavy (non-hydrogen) atoms. The molecule has 1 atom stereocenters. The van der Waals surface area contributed by atoms with E-state index in [1.165, 1.54) is 18.2 Å². The average Bonchev–Trinajstić information content (AvgIpc) is 2.99. The van der Waals surface area contributed by atoms with Gasteiger partial charge in [0.1, 0.15) is 17.4 Å². The Balaban J connectivity index is 1.89. The molecule has 6 nitrogen and oxygen atoms in total. The third-order valence-electron chi connectivity index (χ3n) is 3.58. The van der Waals surface area contributed by atoms with Gasteiger partial charge < -0.3 is 9.73 Å². The van der Waals surface area contributed by atoms with Gasteiger partial charge in [0.15, 0.2) is 0 Å². The van der Waals surface area contributed by atoms with Gasteiger partial charge in [-0.1, -0.05) is 18.2 Å². The van der Waals surface area contributed by atoms with Gasteiger partial charge >= 0.3 is 0 Å². The standard InChI is InChI=1S/C17H13N3O3/c1-11(17-9-12-4-2-3-5-16(12)23-17)19-15-7-6-14(20(21)22)8-13(15)10-18/h2-9,11,19H,1H3/t11-/m0/s1. The zero-order valence-electron chi connectivity index (χ0n) is 12.3. The van der Waals surface area contributed by atoms with E-state index in [1.807, 2.05) is 43.3 Å². The highest BCUT2D eigenvalue weighted by molar-refractivity contribution is 5.78. The first kappa shape index (κ1) is 14.6. The summed E-state index contributed by atoms with van der Waals surface area (Å²) >= 11 is 0. The van der Waals surface area contributed by atoms with Gasteiger partial charge in [0.2, 0.25) is 0 Å². The molecule has 1 aromatic heterocycles. The number of non-ortho nitro benzene ring substituents is 1. The van der Waals surface area contributed by atoms with Crippen molar-refractivity contribution in [3.8, 4) is 6.07 Å². The Hall–Kier alpha value is -3.33. The Morgan fingerprint density at radius 3 is 2.74 bits per heavy atom. The SMILES string of the molecule is C[C@H](Nc1ccc([N+](=O)[O-])cc1C#N)c1cc2ccccc2o1. The Kier molecular flexibility index (Phi) is 3.69. The monoisotopic (exact) mass is 307 g/mol. The minimum Gasteiger partial charge on any atom is -0.459 e. The largest absolute Gasteiger partial charge is 0.459 e. The van der Waals surface area contributed by atoms with Crippen molar-refractivity contribution in [3.05, 3.63) is 70.0 Å². The van der Waals surface area contributed by atoms with Crippen molar-refractivity contribution in [3.63, 3.8) is 0 Å². The maximum absolute atomic E-state index is 10.8. The highest BCUT2D eigenvalue weighted by Crippen LogP contribution is 2.28. The number of anilines is 1. The molecular weight excluding hydrogens is 294 g/mol. The molecule has 0 spiro atoms. The normalized spacial score (nSPS) is 11.8. The molecule has 0 aliphatic heterocycles. The summed E-state index contributed by atoms with van der Waals surface area (Å²) in [6, 6.07) is 15.6. The topological polar surface area (TPSA) is 92.1 Å². The Bertz CT molecular complexity index is 891. The fourth-order valence-corrected chi connectivity index (χ4v) is 2.38. The van der Waals surface area contributed by atoms with Crippen molar-refractivity contribution < 1.29 is 9.34 Å². The summed E-state index contributed by atoms with van der Waals surface area (Å²) in [6.45, 7) is 1.90. The number of fused-ring (bicyclic) bond motifs is 1. The average molecular weight is 307 g/mol. The van der Waals surface area contributed by atoms with Crippen LogP contribution in [0.15, 0.2) is 52.9 Å². The van der Waals surface area contributed by atoms with Crippen LogP contribution < -0.4 is 5.32 Å². The van der Waals surface area contributed by atoms with E-state index in [0.29, 0.717) is 5.69 Å². The molecule has 6 heteroatoms. The molecule has 1 heterocycles. The molecule has 0 fully saturated rings. The molecule has 0 bridgehead atoms. The number of hydrogen-bond acceptors (Lipinski definition) is 5. The maximum Gasteiger partial charge on any atom is 0.270 e. The Labute approximate surface area is 132 Å². The fraction of sp³-hybridized carbons (Fsp3) is 0.118. The second-order valence-corrected chi connectivity index (χ2v) is 5.15. The Morgan fingerprint density at radius 2 is 2.04 bits per heavy atom. The van der Waals surface area contributed by atoms with Gasteiger partial charge in [-0.3, -0.25) is 10.1 Å². The quantitative estimate of drug-likeness (QED) is 0.570. The molecule has 0 aliphatic carbocycles. The lowest BCUT2D eigenvalue weighted by molar-refractivity contribution is -0.384. The number of nitriles is 1. The van der Waals surface area contributed by atoms with Gasteiger partial charge in [0.25, 0.3) is 5.69 Å². The van der Waals surface area contributed by atoms with E-state index >= 15 is 0 Å². The van der Waals surface area contributed by atoms with Crippen molar-refractivity contribution >= 4 is 22.3 Å². The third-order valence-corrected chi connectivity index (χ3v) is 3.58. The van der Waals surface area contributed by atoms with E-state index in [0.717, 1.165) is 16.7 Å². The van der Waals surface area contributed by atoms with Crippen LogP contribution in [0.5, 0.6) is 0 Å². The number of furan rings is 1. The molecule has 0 saturated carbocycles. The summed E-state index contributed by atoms with van der Waals surface area (Å²) in [6.07, 6.45) is 0. The van der Waals surface area contributed by atoms with Crippen LogP contribution >= 0.6 is 0 Å². The number of nitrogens with one attached hydrogen (secondary N) is 1. The highest BCUT2D eigenvalue weighted by atomic mass is 16.6. The lowest BCUT2D eigenvalue weighted by atomic mass is 10.1. The number of para-hydroxylation sites is 1. The number of hydrogen-bond donors (Lipinski definition) is 1. The summed E-state index contributed by atoms with van der Waals surface area (Å²) in [5.41, 5.74) is 1.44. The molecule has 1 N–H and O–H groups in total. The Morgan fingerprint density at radius 1 is 1.26 bits per heavy atom. The lowest BCUT2D eigenvalue weighted by Gasteiger charge is -2.13. The number of benzene rings is 2. The molecule has 0 amide bonds. The molecule has 3 aromatic rings. The summed E-state index contributed by atoms with van der Waals surface area (Å²) in [4.78, 5) is 10.3. The van der Waals surface area contributed by atoms with E-state index in [4.69, 9.17) is 4.42 Å². The molecule has 0 saturated heterocycles. The summed E-state index contributed by atoms with van der Waals surface area (Å²) < 4.78 is 5.78. The van der Waals surface area contributed by atoms with Crippen LogP contribution in [0.4, 0.5) is 11.4 Å². The van der Waals surface area contributed by atoms with Crippen LogP contribution in [0, 0.1) is 21.4 Å². The van der Waals surface area contributed by atoms with E-state index in [2.05, 4.69) is 5.32 Å². The minimum absolute atomic E-state index is 0.108. The van der Waals surface area contributed by atoms with Gasteiger partial charge in [-0.15, -0.1) is 0 Å². The van der Waals surface area contributed by atoms with Crippen molar-refractivity contribution in [1.29, 1.82) is 5.26 Å². The summed E-state index contributed by atoms with van der Waals surface area (Å²) in [7, 11) is 0. The van der Waals surface area contributed by atoms with Gasteiger partial charge in [-0.25, -0.2) is 0 Å². The number of rotatable bonds is 4. The first-order valence-corrected chi connectivity index (χ1v) is 7.02. The van der Waals surface area contributed by atoms with Crippen LogP contribution in [-0.2, 0) is 0 Å². The van der Waals surface area contributed by atoms with Crippen molar-refractivity contribution in [2.75, 3.05) is 5.32 Å². The van der Waals surface area contributed by atoms with Crippen LogP contribution in [-0.4, -0.2) is 4.92 Å². The van der Waals surface area contributed by atoms with Crippen LogP contribution in [0.25, 0.3) is 11.0 Å². The van der Waals surface area contributed by atoms with Crippen LogP contribution in [0.3, 0.4) is 0 Å². The third kappa shape index (κ3) is 2.85. The molecule has 3 rings (SSSR count). The van der Waals surface area contributed by atoms with Crippen LogP contribution in [0.2, 0.25) is 0 Å². The van der Waals surface area contributed by atoms with Gasteiger partial charge in [-0.05, 0) is 25.1 Å². The second kappa shape index (κ2) is 5.81. The minimum atomic E-state index is -0.521. The summed E-state index contributed by atoms with van der Waals surface area (Å²) in [5, 5.41) is 24.1. The smallest absolute Gasteiger partial charge is 0.270 e. The predicted molar refractivity (Wildman–Crippen MR) is 86.1 cm³/mol. The molecule has 0 aliphatic rings. The zero-order valence-corrected chi connectivity index (χ0v) is 12.3. The van der Waals surface area contributed by atoms with Crippen LogP contribution in [0.1, 0.15) is 24.3 Å². The van der Waals surface area contributed by atoms with E-state index in [-0.39, 0.29) is 17.3 Å². The molecule has 0 radical (unpaired) electrons. The molecular formula is C17H13N3O3. The first-order valence-electron chi connectivity index (χ1n) is 7.02. The first-order chi connectivity index (χ1) is 11.1. The maximum atomic E-state index is 10.8.